The lowest BCUT2D eigenvalue weighted by Gasteiger charge is -2.17. The minimum absolute atomic E-state index is 0.525. The molecule has 0 heterocycles. The van der Waals surface area contributed by atoms with E-state index in [2.05, 4.69) is 0 Å². The summed E-state index contributed by atoms with van der Waals surface area (Å²) < 4.78 is 11.8. The molecule has 0 saturated heterocycles. The van der Waals surface area contributed by atoms with Crippen molar-refractivity contribution < 1.29 is 19.1 Å². The summed E-state index contributed by atoms with van der Waals surface area (Å²) >= 11 is 0. The summed E-state index contributed by atoms with van der Waals surface area (Å²) in [4.78, 5) is 21.9. The van der Waals surface area contributed by atoms with Gasteiger partial charge in [-0.15, -0.1) is 0 Å². The molecular weight excluding hydrogens is 352 g/mol. The predicted octanol–water partition coefficient (Wildman–Crippen LogP) is 5.44. The van der Waals surface area contributed by atoms with Gasteiger partial charge in [-0.1, -0.05) is 48.5 Å². The maximum Gasteiger partial charge on any atom is 0.150 e. The van der Waals surface area contributed by atoms with Gasteiger partial charge in [0.15, 0.2) is 0 Å². The third-order valence-corrected chi connectivity index (χ3v) is 4.40. The van der Waals surface area contributed by atoms with Gasteiger partial charge in [0.1, 0.15) is 24.1 Å². The summed E-state index contributed by atoms with van der Waals surface area (Å²) in [7, 11) is 0. The van der Waals surface area contributed by atoms with Crippen molar-refractivity contribution in [2.24, 2.45) is 0 Å². The quantitative estimate of drug-likeness (QED) is 0.493. The highest BCUT2D eigenvalue weighted by molar-refractivity contribution is 5.84. The molecular formula is C24H22O4. The van der Waals surface area contributed by atoms with Gasteiger partial charge in [0.25, 0.3) is 0 Å². The molecule has 0 unspecified atom stereocenters. The van der Waals surface area contributed by atoms with Crippen LogP contribution in [0.2, 0.25) is 0 Å². The van der Waals surface area contributed by atoms with E-state index < -0.39 is 0 Å². The number of ether oxygens (including phenoxy) is 2. The first kappa shape index (κ1) is 19.4. The Bertz CT molecular complexity index is 876. The van der Waals surface area contributed by atoms with Crippen LogP contribution < -0.4 is 9.47 Å². The molecule has 3 aromatic rings. The Kier molecular flexibility index (Phi) is 6.22. The lowest BCUT2D eigenvalue weighted by Crippen LogP contribution is -1.99. The third-order valence-electron chi connectivity index (χ3n) is 4.40. The van der Waals surface area contributed by atoms with E-state index in [1.807, 2.05) is 50.2 Å². The molecule has 0 bridgehead atoms. The summed E-state index contributed by atoms with van der Waals surface area (Å²) in [5.74, 6) is 1.47. The average Bonchev–Trinajstić information content (AvgIpc) is 2.75. The van der Waals surface area contributed by atoms with Crippen LogP contribution in [0.3, 0.4) is 0 Å². The second kappa shape index (κ2) is 9.00. The fourth-order valence-electron chi connectivity index (χ4n) is 3.04. The molecule has 0 atom stereocenters. The van der Waals surface area contributed by atoms with Crippen LogP contribution >= 0.6 is 0 Å². The Morgan fingerprint density at radius 3 is 1.29 bits per heavy atom. The molecule has 0 aliphatic carbocycles. The number of carbonyl (C=O) groups excluding carboxylic acids is 2. The molecule has 0 aromatic heterocycles. The number of carbonyl (C=O) groups is 2. The molecule has 0 radical (unpaired) electrons. The van der Waals surface area contributed by atoms with Crippen LogP contribution in [0, 0.1) is 0 Å². The van der Waals surface area contributed by atoms with Crippen molar-refractivity contribution in [1.29, 1.82) is 0 Å². The first-order valence-electron chi connectivity index (χ1n) is 9.25. The number of benzene rings is 3. The van der Waals surface area contributed by atoms with Gasteiger partial charge in [0, 0.05) is 22.3 Å². The Hall–Kier alpha value is -3.40. The summed E-state index contributed by atoms with van der Waals surface area (Å²) in [6.45, 7) is 4.93. The molecule has 142 valence electrons. The molecule has 4 nitrogen and oxygen atoms in total. The van der Waals surface area contributed by atoms with Crippen molar-refractivity contribution in [1.82, 2.24) is 0 Å². The molecule has 0 aliphatic rings. The van der Waals surface area contributed by atoms with Crippen LogP contribution in [-0.4, -0.2) is 25.8 Å². The molecule has 0 spiro atoms. The largest absolute Gasteiger partial charge is 0.493 e. The minimum Gasteiger partial charge on any atom is -0.493 e. The van der Waals surface area contributed by atoms with E-state index in [0.29, 0.717) is 24.3 Å². The highest BCUT2D eigenvalue weighted by Crippen LogP contribution is 2.41. The van der Waals surface area contributed by atoms with E-state index in [9.17, 15) is 9.59 Å². The third kappa shape index (κ3) is 4.12. The summed E-state index contributed by atoms with van der Waals surface area (Å²) in [5, 5.41) is 0. The van der Waals surface area contributed by atoms with E-state index in [1.165, 1.54) is 0 Å². The van der Waals surface area contributed by atoms with Crippen molar-refractivity contribution in [2.45, 2.75) is 13.8 Å². The second-order valence-electron chi connectivity index (χ2n) is 6.19. The zero-order valence-electron chi connectivity index (χ0n) is 16.0. The smallest absolute Gasteiger partial charge is 0.150 e. The highest BCUT2D eigenvalue weighted by Gasteiger charge is 2.15. The number of aldehydes is 2. The molecule has 0 saturated carbocycles. The van der Waals surface area contributed by atoms with Crippen LogP contribution in [0.4, 0.5) is 0 Å². The zero-order chi connectivity index (χ0) is 19.9. The van der Waals surface area contributed by atoms with E-state index in [1.54, 1.807) is 24.3 Å². The SMILES string of the molecule is CCOc1cc(-c2ccc(C=O)cc2)c(OCC)cc1-c1ccc(C=O)cc1. The number of hydrogen-bond donors (Lipinski definition) is 0. The van der Waals surface area contributed by atoms with E-state index in [0.717, 1.165) is 46.3 Å². The molecule has 28 heavy (non-hydrogen) atoms. The Balaban J connectivity index is 2.15. The summed E-state index contributed by atoms with van der Waals surface area (Å²) in [6, 6.07) is 18.7. The first-order valence-corrected chi connectivity index (χ1v) is 9.25. The fraction of sp³-hybridized carbons (Fsp3) is 0.167. The monoisotopic (exact) mass is 374 g/mol. The van der Waals surface area contributed by atoms with Crippen molar-refractivity contribution in [3.8, 4) is 33.8 Å². The summed E-state index contributed by atoms with van der Waals surface area (Å²) in [6.07, 6.45) is 1.65. The van der Waals surface area contributed by atoms with Crippen molar-refractivity contribution in [2.75, 3.05) is 13.2 Å². The van der Waals surface area contributed by atoms with E-state index in [-0.39, 0.29) is 0 Å². The Morgan fingerprint density at radius 2 is 1.00 bits per heavy atom. The van der Waals surface area contributed by atoms with Crippen molar-refractivity contribution in [3.05, 3.63) is 71.8 Å². The first-order chi connectivity index (χ1) is 13.7. The lowest BCUT2D eigenvalue weighted by molar-refractivity contribution is 0.111. The maximum absolute atomic E-state index is 10.9. The number of rotatable bonds is 8. The topological polar surface area (TPSA) is 52.6 Å². The van der Waals surface area contributed by atoms with Crippen LogP contribution in [0.15, 0.2) is 60.7 Å². The standard InChI is InChI=1S/C24H22O4/c1-3-27-23-13-22(20-11-7-18(16-26)8-12-20)24(28-4-2)14-21(23)19-9-5-17(15-25)6-10-19/h5-16H,3-4H2,1-2H3. The van der Waals surface area contributed by atoms with Gasteiger partial charge >= 0.3 is 0 Å². The van der Waals surface area contributed by atoms with Crippen LogP contribution in [0.5, 0.6) is 11.5 Å². The predicted molar refractivity (Wildman–Crippen MR) is 110 cm³/mol. The van der Waals surface area contributed by atoms with Gasteiger partial charge in [-0.3, -0.25) is 9.59 Å². The zero-order valence-corrected chi connectivity index (χ0v) is 16.0. The minimum atomic E-state index is 0.525. The van der Waals surface area contributed by atoms with Gasteiger partial charge in [-0.05, 0) is 37.1 Å². The molecule has 0 fully saturated rings. The van der Waals surface area contributed by atoms with Gasteiger partial charge in [0.05, 0.1) is 13.2 Å². The maximum atomic E-state index is 10.9. The fourth-order valence-corrected chi connectivity index (χ4v) is 3.04. The lowest BCUT2D eigenvalue weighted by atomic mass is 9.97. The Labute approximate surface area is 164 Å². The normalized spacial score (nSPS) is 10.4. The van der Waals surface area contributed by atoms with Crippen molar-refractivity contribution >= 4 is 12.6 Å². The van der Waals surface area contributed by atoms with E-state index >= 15 is 0 Å². The van der Waals surface area contributed by atoms with Gasteiger partial charge in [-0.25, -0.2) is 0 Å². The Morgan fingerprint density at radius 1 is 0.643 bits per heavy atom. The molecule has 3 rings (SSSR count). The van der Waals surface area contributed by atoms with Gasteiger partial charge in [-0.2, -0.15) is 0 Å². The van der Waals surface area contributed by atoms with Gasteiger partial charge in [0.2, 0.25) is 0 Å². The molecule has 0 N–H and O–H groups in total. The molecule has 0 amide bonds. The average molecular weight is 374 g/mol. The van der Waals surface area contributed by atoms with Crippen LogP contribution in [-0.2, 0) is 0 Å². The molecule has 0 aliphatic heterocycles. The van der Waals surface area contributed by atoms with E-state index in [4.69, 9.17) is 9.47 Å². The van der Waals surface area contributed by atoms with Gasteiger partial charge < -0.3 is 9.47 Å². The molecule has 4 heteroatoms. The van der Waals surface area contributed by atoms with Crippen LogP contribution in [0.25, 0.3) is 22.3 Å². The van der Waals surface area contributed by atoms with Crippen LogP contribution in [0.1, 0.15) is 34.6 Å². The highest BCUT2D eigenvalue weighted by atomic mass is 16.5. The molecule has 3 aromatic carbocycles. The summed E-state index contributed by atoms with van der Waals surface area (Å²) in [5.41, 5.74) is 4.93. The second-order valence-corrected chi connectivity index (χ2v) is 6.19. The number of hydrogen-bond acceptors (Lipinski definition) is 4. The van der Waals surface area contributed by atoms with Crippen molar-refractivity contribution in [3.63, 3.8) is 0 Å².